The van der Waals surface area contributed by atoms with Crippen molar-refractivity contribution in [3.63, 3.8) is 0 Å². The van der Waals surface area contributed by atoms with Gasteiger partial charge in [-0.05, 0) is 61.6 Å². The SMILES string of the molecule is Cn1c(CCCCN2C[C@@H]3C[C@]3(c3ccc(C(F)(F)F)cc3)C2)nnc1-c1cccc(N)c1. The van der Waals surface area contributed by atoms with Gasteiger partial charge < -0.3 is 15.2 Å². The van der Waals surface area contributed by atoms with Crippen molar-refractivity contribution < 1.29 is 13.2 Å². The lowest BCUT2D eigenvalue weighted by molar-refractivity contribution is -0.137. The summed E-state index contributed by atoms with van der Waals surface area (Å²) in [4.78, 5) is 2.46. The van der Waals surface area contributed by atoms with Crippen molar-refractivity contribution in [3.05, 3.63) is 65.5 Å². The minimum absolute atomic E-state index is 0.0557. The number of alkyl halides is 3. The van der Waals surface area contributed by atoms with E-state index in [4.69, 9.17) is 5.73 Å². The normalized spacial score (nSPS) is 22.5. The predicted molar refractivity (Wildman–Crippen MR) is 121 cm³/mol. The van der Waals surface area contributed by atoms with Crippen LogP contribution >= 0.6 is 0 Å². The quantitative estimate of drug-likeness (QED) is 0.415. The summed E-state index contributed by atoms with van der Waals surface area (Å²) >= 11 is 0. The maximum Gasteiger partial charge on any atom is 0.416 e. The number of nitrogen functional groups attached to an aromatic ring is 1. The highest BCUT2D eigenvalue weighted by atomic mass is 19.4. The molecule has 2 fully saturated rings. The van der Waals surface area contributed by atoms with Gasteiger partial charge in [-0.2, -0.15) is 13.2 Å². The molecule has 0 spiro atoms. The molecule has 2 aliphatic rings. The average molecular weight is 456 g/mol. The Kier molecular flexibility index (Phi) is 5.43. The molecule has 5 nitrogen and oxygen atoms in total. The molecule has 1 saturated heterocycles. The zero-order valence-corrected chi connectivity index (χ0v) is 18.6. The Morgan fingerprint density at radius 1 is 1.09 bits per heavy atom. The zero-order valence-electron chi connectivity index (χ0n) is 18.6. The Labute approximate surface area is 191 Å². The molecule has 2 heterocycles. The molecule has 1 saturated carbocycles. The highest BCUT2D eigenvalue weighted by Gasteiger charge is 2.60. The number of fused-ring (bicyclic) bond motifs is 1. The van der Waals surface area contributed by atoms with Crippen molar-refractivity contribution in [2.45, 2.75) is 37.3 Å². The van der Waals surface area contributed by atoms with Crippen LogP contribution in [-0.4, -0.2) is 39.3 Å². The summed E-state index contributed by atoms with van der Waals surface area (Å²) in [5, 5.41) is 8.70. The number of nitrogens with two attached hydrogens (primary N) is 1. The molecule has 8 heteroatoms. The molecular formula is C25H28F3N5. The molecule has 1 aliphatic carbocycles. The first-order valence-electron chi connectivity index (χ1n) is 11.4. The van der Waals surface area contributed by atoms with Crippen LogP contribution in [0.5, 0.6) is 0 Å². The molecule has 33 heavy (non-hydrogen) atoms. The molecule has 0 unspecified atom stereocenters. The van der Waals surface area contributed by atoms with Crippen LogP contribution in [0, 0.1) is 5.92 Å². The second-order valence-electron chi connectivity index (χ2n) is 9.45. The van der Waals surface area contributed by atoms with Crippen molar-refractivity contribution in [3.8, 4) is 11.4 Å². The number of unbranched alkanes of at least 4 members (excludes halogenated alkanes) is 1. The van der Waals surface area contributed by atoms with Gasteiger partial charge in [0.25, 0.3) is 0 Å². The summed E-state index contributed by atoms with van der Waals surface area (Å²) in [7, 11) is 1.98. The minimum atomic E-state index is -4.28. The second kappa shape index (κ2) is 8.17. The van der Waals surface area contributed by atoms with Gasteiger partial charge in [-0.25, -0.2) is 0 Å². The lowest BCUT2D eigenvalue weighted by Crippen LogP contribution is -2.27. The minimum Gasteiger partial charge on any atom is -0.399 e. The first-order chi connectivity index (χ1) is 15.8. The van der Waals surface area contributed by atoms with Gasteiger partial charge in [0, 0.05) is 43.2 Å². The molecule has 1 aliphatic heterocycles. The van der Waals surface area contributed by atoms with Crippen molar-refractivity contribution in [1.29, 1.82) is 0 Å². The number of hydrogen-bond donors (Lipinski definition) is 1. The van der Waals surface area contributed by atoms with E-state index in [1.807, 2.05) is 35.9 Å². The van der Waals surface area contributed by atoms with Crippen molar-refractivity contribution in [2.75, 3.05) is 25.4 Å². The van der Waals surface area contributed by atoms with Crippen LogP contribution in [-0.2, 0) is 25.1 Å². The van der Waals surface area contributed by atoms with Gasteiger partial charge >= 0.3 is 6.18 Å². The number of piperidine rings is 1. The second-order valence-corrected chi connectivity index (χ2v) is 9.45. The van der Waals surface area contributed by atoms with Crippen LogP contribution in [0.15, 0.2) is 48.5 Å². The lowest BCUT2D eigenvalue weighted by atomic mass is 9.94. The molecule has 2 aromatic carbocycles. The van der Waals surface area contributed by atoms with Gasteiger partial charge in [-0.15, -0.1) is 10.2 Å². The van der Waals surface area contributed by atoms with Crippen LogP contribution in [0.2, 0.25) is 0 Å². The van der Waals surface area contributed by atoms with E-state index in [0.717, 1.165) is 68.1 Å². The highest BCUT2D eigenvalue weighted by molar-refractivity contribution is 5.61. The maximum atomic E-state index is 12.9. The fourth-order valence-corrected chi connectivity index (χ4v) is 5.32. The molecule has 2 atom stereocenters. The average Bonchev–Trinajstić information content (AvgIpc) is 3.15. The maximum absolute atomic E-state index is 12.9. The van der Waals surface area contributed by atoms with E-state index in [-0.39, 0.29) is 5.41 Å². The van der Waals surface area contributed by atoms with Crippen LogP contribution in [0.25, 0.3) is 11.4 Å². The van der Waals surface area contributed by atoms with E-state index in [1.54, 1.807) is 12.1 Å². The van der Waals surface area contributed by atoms with Crippen LogP contribution in [0.4, 0.5) is 18.9 Å². The van der Waals surface area contributed by atoms with E-state index in [2.05, 4.69) is 15.1 Å². The van der Waals surface area contributed by atoms with Crippen LogP contribution in [0.1, 0.15) is 36.2 Å². The molecular weight excluding hydrogens is 427 g/mol. The fourth-order valence-electron chi connectivity index (χ4n) is 5.32. The molecule has 1 aromatic heterocycles. The number of rotatable bonds is 7. The van der Waals surface area contributed by atoms with Gasteiger partial charge in [-0.3, -0.25) is 0 Å². The van der Waals surface area contributed by atoms with Gasteiger partial charge in [0.1, 0.15) is 5.82 Å². The molecule has 3 aromatic rings. The Bertz CT molecular complexity index is 1140. The molecule has 5 rings (SSSR count). The summed E-state index contributed by atoms with van der Waals surface area (Å²) in [5.74, 6) is 2.34. The Balaban J connectivity index is 1.12. The largest absolute Gasteiger partial charge is 0.416 e. The van der Waals surface area contributed by atoms with E-state index < -0.39 is 11.7 Å². The lowest BCUT2D eigenvalue weighted by Gasteiger charge is -2.21. The summed E-state index contributed by atoms with van der Waals surface area (Å²) in [5.41, 5.74) is 8.09. The summed E-state index contributed by atoms with van der Waals surface area (Å²) in [6, 6.07) is 13.5. The topological polar surface area (TPSA) is 60.0 Å². The van der Waals surface area contributed by atoms with E-state index in [9.17, 15) is 13.2 Å². The molecule has 2 N–H and O–H groups in total. The third kappa shape index (κ3) is 4.24. The van der Waals surface area contributed by atoms with Gasteiger partial charge in [0.05, 0.1) is 5.56 Å². The molecule has 174 valence electrons. The van der Waals surface area contributed by atoms with E-state index >= 15 is 0 Å². The zero-order chi connectivity index (χ0) is 23.2. The van der Waals surface area contributed by atoms with Crippen molar-refractivity contribution >= 4 is 5.69 Å². The third-order valence-corrected chi connectivity index (χ3v) is 7.24. The number of aromatic nitrogens is 3. The van der Waals surface area contributed by atoms with Crippen LogP contribution < -0.4 is 5.73 Å². The van der Waals surface area contributed by atoms with Crippen molar-refractivity contribution in [2.24, 2.45) is 13.0 Å². The first kappa shape index (κ1) is 21.9. The van der Waals surface area contributed by atoms with E-state index in [0.29, 0.717) is 11.6 Å². The fraction of sp³-hybridized carbons (Fsp3) is 0.440. The predicted octanol–water partition coefficient (Wildman–Crippen LogP) is 4.68. The third-order valence-electron chi connectivity index (χ3n) is 7.24. The summed E-state index contributed by atoms with van der Waals surface area (Å²) in [6.07, 6.45) is -0.278. The van der Waals surface area contributed by atoms with Gasteiger partial charge in [0.2, 0.25) is 0 Å². The van der Waals surface area contributed by atoms with Crippen LogP contribution in [0.3, 0.4) is 0 Å². The summed E-state index contributed by atoms with van der Waals surface area (Å²) in [6.45, 7) is 2.97. The van der Waals surface area contributed by atoms with Crippen molar-refractivity contribution in [1.82, 2.24) is 19.7 Å². The smallest absolute Gasteiger partial charge is 0.399 e. The Morgan fingerprint density at radius 2 is 1.88 bits per heavy atom. The summed E-state index contributed by atoms with van der Waals surface area (Å²) < 4.78 is 40.6. The standard InChI is InChI=1S/C25H28F3N5/c1-32-22(30-31-23(32)17-5-4-6-21(29)13-17)7-2-3-12-33-15-20-14-24(20,16-33)18-8-10-19(11-9-18)25(26,27)28/h4-6,8-11,13,20H,2-3,7,12,14-16,29H2,1H3/t20-,24+/m0/s1. The number of anilines is 1. The van der Waals surface area contributed by atoms with E-state index in [1.165, 1.54) is 12.1 Å². The molecule has 0 amide bonds. The highest BCUT2D eigenvalue weighted by Crippen LogP contribution is 2.59. The number of halogens is 3. The molecule has 0 radical (unpaired) electrons. The monoisotopic (exact) mass is 455 g/mol. The number of hydrogen-bond acceptors (Lipinski definition) is 4. The Hall–Kier alpha value is -2.87. The molecule has 0 bridgehead atoms. The number of benzene rings is 2. The van der Waals surface area contributed by atoms with Gasteiger partial charge in [-0.1, -0.05) is 24.3 Å². The first-order valence-corrected chi connectivity index (χ1v) is 11.4. The number of likely N-dealkylation sites (tertiary alicyclic amines) is 1. The number of nitrogens with zero attached hydrogens (tertiary/aromatic N) is 4. The Morgan fingerprint density at radius 3 is 2.61 bits per heavy atom. The van der Waals surface area contributed by atoms with Gasteiger partial charge in [0.15, 0.2) is 5.82 Å². The number of aryl methyl sites for hydroxylation is 1.